The van der Waals surface area contributed by atoms with Crippen molar-refractivity contribution in [2.24, 2.45) is 5.73 Å². The lowest BCUT2D eigenvalue weighted by Gasteiger charge is -2.18. The summed E-state index contributed by atoms with van der Waals surface area (Å²) >= 11 is 0. The van der Waals surface area contributed by atoms with Crippen molar-refractivity contribution < 1.29 is 9.53 Å². The third-order valence-corrected chi connectivity index (χ3v) is 1.64. The summed E-state index contributed by atoms with van der Waals surface area (Å²) in [6, 6.07) is 8.89. The first-order valence-corrected chi connectivity index (χ1v) is 4.77. The highest BCUT2D eigenvalue weighted by molar-refractivity contribution is 5.70. The van der Waals surface area contributed by atoms with Crippen molar-refractivity contribution in [2.45, 2.75) is 19.4 Å². The fraction of sp³-hybridized carbons (Fsp3) is 0.364. The second kappa shape index (κ2) is 4.79. The zero-order valence-corrected chi connectivity index (χ0v) is 8.99. The van der Waals surface area contributed by atoms with Gasteiger partial charge in [-0.1, -0.05) is 18.2 Å². The average Bonchev–Trinajstić information content (AvgIpc) is 2.15. The van der Waals surface area contributed by atoms with Gasteiger partial charge in [-0.05, 0) is 26.0 Å². The van der Waals surface area contributed by atoms with E-state index in [9.17, 15) is 4.79 Å². The summed E-state index contributed by atoms with van der Waals surface area (Å²) < 4.78 is 5.00. The molecule has 0 radical (unpaired) electrons. The van der Waals surface area contributed by atoms with E-state index >= 15 is 0 Å². The highest BCUT2D eigenvalue weighted by Gasteiger charge is 2.12. The van der Waals surface area contributed by atoms with Crippen molar-refractivity contribution in [1.29, 1.82) is 0 Å². The number of hydrogen-bond donors (Lipinski definition) is 2. The maximum atomic E-state index is 11.3. The Balaban J connectivity index is 2.38. The molecular weight excluding hydrogens is 192 g/mol. The molecular formula is C11H16N2O2. The lowest BCUT2D eigenvalue weighted by molar-refractivity contribution is 0.198. The van der Waals surface area contributed by atoms with Gasteiger partial charge >= 0.3 is 6.09 Å². The second-order valence-corrected chi connectivity index (χ2v) is 4.04. The third kappa shape index (κ3) is 5.02. The van der Waals surface area contributed by atoms with Crippen LogP contribution in [0.25, 0.3) is 0 Å². The first-order valence-electron chi connectivity index (χ1n) is 4.77. The predicted molar refractivity (Wildman–Crippen MR) is 58.7 cm³/mol. The van der Waals surface area contributed by atoms with Gasteiger partial charge < -0.3 is 15.8 Å². The van der Waals surface area contributed by atoms with E-state index in [0.717, 1.165) is 0 Å². The topological polar surface area (TPSA) is 64.3 Å². The Labute approximate surface area is 89.4 Å². The number of amides is 1. The number of hydrogen-bond acceptors (Lipinski definition) is 3. The number of nitrogens with one attached hydrogen (secondary N) is 1. The maximum Gasteiger partial charge on any atom is 0.412 e. The van der Waals surface area contributed by atoms with Crippen LogP contribution in [0.1, 0.15) is 13.8 Å². The van der Waals surface area contributed by atoms with Crippen LogP contribution in [0.3, 0.4) is 0 Å². The molecule has 0 unspecified atom stereocenters. The zero-order valence-electron chi connectivity index (χ0n) is 8.99. The molecule has 1 aromatic carbocycles. The first kappa shape index (κ1) is 11.5. The second-order valence-electron chi connectivity index (χ2n) is 4.04. The lowest BCUT2D eigenvalue weighted by atomic mass is 10.1. The Morgan fingerprint density at radius 3 is 2.53 bits per heavy atom. The quantitative estimate of drug-likeness (QED) is 0.791. The van der Waals surface area contributed by atoms with Crippen LogP contribution in [0.15, 0.2) is 30.3 Å². The number of carbonyl (C=O) groups excluding carboxylic acids is 1. The standard InChI is InChI=1S/C11H16N2O2/c1-11(2,12)8-13-10(14)15-9-6-4-3-5-7-9/h3-7H,8,12H2,1-2H3,(H,13,14). The molecule has 1 rings (SSSR count). The Morgan fingerprint density at radius 1 is 1.40 bits per heavy atom. The number of rotatable bonds is 3. The van der Waals surface area contributed by atoms with Crippen LogP contribution in [-0.2, 0) is 0 Å². The van der Waals surface area contributed by atoms with E-state index in [-0.39, 0.29) is 0 Å². The average molecular weight is 208 g/mol. The predicted octanol–water partition coefficient (Wildman–Crippen LogP) is 1.51. The molecule has 4 heteroatoms. The van der Waals surface area contributed by atoms with Gasteiger partial charge in [-0.25, -0.2) is 4.79 Å². The van der Waals surface area contributed by atoms with Crippen molar-refractivity contribution in [3.63, 3.8) is 0 Å². The van der Waals surface area contributed by atoms with Crippen LogP contribution in [0.2, 0.25) is 0 Å². The number of para-hydroxylation sites is 1. The minimum Gasteiger partial charge on any atom is -0.410 e. The van der Waals surface area contributed by atoms with Crippen LogP contribution in [0.5, 0.6) is 5.75 Å². The van der Waals surface area contributed by atoms with E-state index in [4.69, 9.17) is 10.5 Å². The Bertz CT molecular complexity index is 317. The molecule has 0 aliphatic rings. The van der Waals surface area contributed by atoms with Gasteiger partial charge in [-0.15, -0.1) is 0 Å². The van der Waals surface area contributed by atoms with E-state index in [0.29, 0.717) is 12.3 Å². The van der Waals surface area contributed by atoms with E-state index < -0.39 is 11.6 Å². The summed E-state index contributed by atoms with van der Waals surface area (Å²) in [6.45, 7) is 4.03. The lowest BCUT2D eigenvalue weighted by Crippen LogP contribution is -2.45. The molecule has 0 spiro atoms. The van der Waals surface area contributed by atoms with Crippen molar-refractivity contribution in [3.05, 3.63) is 30.3 Å². The molecule has 3 N–H and O–H groups in total. The van der Waals surface area contributed by atoms with Crippen LogP contribution in [0, 0.1) is 0 Å². The van der Waals surface area contributed by atoms with Gasteiger partial charge in [-0.3, -0.25) is 0 Å². The van der Waals surface area contributed by atoms with Crippen LogP contribution in [-0.4, -0.2) is 18.2 Å². The summed E-state index contributed by atoms with van der Waals surface area (Å²) in [7, 11) is 0. The molecule has 4 nitrogen and oxygen atoms in total. The number of nitrogens with two attached hydrogens (primary N) is 1. The molecule has 0 aromatic heterocycles. The van der Waals surface area contributed by atoms with Gasteiger partial charge in [0.1, 0.15) is 5.75 Å². The van der Waals surface area contributed by atoms with Gasteiger partial charge in [-0.2, -0.15) is 0 Å². The molecule has 15 heavy (non-hydrogen) atoms. The Morgan fingerprint density at radius 2 is 2.00 bits per heavy atom. The Hall–Kier alpha value is -1.55. The van der Waals surface area contributed by atoms with Crippen molar-refractivity contribution in [1.82, 2.24) is 5.32 Å². The first-order chi connectivity index (χ1) is 6.97. The fourth-order valence-corrected chi connectivity index (χ4v) is 0.932. The van der Waals surface area contributed by atoms with Gasteiger partial charge in [0, 0.05) is 12.1 Å². The number of ether oxygens (including phenoxy) is 1. The molecule has 0 saturated heterocycles. The molecule has 0 aliphatic heterocycles. The summed E-state index contributed by atoms with van der Waals surface area (Å²) in [5.41, 5.74) is 5.27. The van der Waals surface area contributed by atoms with Crippen molar-refractivity contribution >= 4 is 6.09 Å². The smallest absolute Gasteiger partial charge is 0.410 e. The molecule has 0 aliphatic carbocycles. The molecule has 82 valence electrons. The number of carbonyl (C=O) groups is 1. The van der Waals surface area contributed by atoms with E-state index in [1.807, 2.05) is 19.9 Å². The maximum absolute atomic E-state index is 11.3. The molecule has 0 fully saturated rings. The zero-order chi connectivity index (χ0) is 11.3. The molecule has 0 atom stereocenters. The summed E-state index contributed by atoms with van der Waals surface area (Å²) in [4.78, 5) is 11.3. The molecule has 0 heterocycles. The number of benzene rings is 1. The highest BCUT2D eigenvalue weighted by Crippen LogP contribution is 2.08. The van der Waals surface area contributed by atoms with Crippen molar-refractivity contribution in [3.8, 4) is 5.75 Å². The van der Waals surface area contributed by atoms with Crippen molar-refractivity contribution in [2.75, 3.05) is 6.54 Å². The highest BCUT2D eigenvalue weighted by atomic mass is 16.6. The van der Waals surface area contributed by atoms with E-state index in [1.54, 1.807) is 24.3 Å². The van der Waals surface area contributed by atoms with Crippen LogP contribution >= 0.6 is 0 Å². The monoisotopic (exact) mass is 208 g/mol. The normalized spacial score (nSPS) is 10.9. The summed E-state index contributed by atoms with van der Waals surface area (Å²) in [6.07, 6.45) is -0.486. The molecule has 1 amide bonds. The Kier molecular flexibility index (Phi) is 3.68. The molecule has 1 aromatic rings. The van der Waals surface area contributed by atoms with Gasteiger partial charge in [0.2, 0.25) is 0 Å². The largest absolute Gasteiger partial charge is 0.412 e. The minimum absolute atomic E-state index is 0.374. The molecule has 0 saturated carbocycles. The molecule has 0 bridgehead atoms. The SMILES string of the molecule is CC(C)(N)CNC(=O)Oc1ccccc1. The van der Waals surface area contributed by atoms with E-state index in [1.165, 1.54) is 0 Å². The van der Waals surface area contributed by atoms with Gasteiger partial charge in [0.15, 0.2) is 0 Å². The fourth-order valence-electron chi connectivity index (χ4n) is 0.932. The van der Waals surface area contributed by atoms with Crippen LogP contribution < -0.4 is 15.8 Å². The third-order valence-electron chi connectivity index (χ3n) is 1.64. The van der Waals surface area contributed by atoms with Gasteiger partial charge in [0.05, 0.1) is 0 Å². The van der Waals surface area contributed by atoms with Crippen LogP contribution in [0.4, 0.5) is 4.79 Å². The minimum atomic E-state index is -0.486. The summed E-state index contributed by atoms with van der Waals surface area (Å²) in [5.74, 6) is 0.518. The summed E-state index contributed by atoms with van der Waals surface area (Å²) in [5, 5.41) is 2.58. The van der Waals surface area contributed by atoms with Gasteiger partial charge in [0.25, 0.3) is 0 Å². The van der Waals surface area contributed by atoms with E-state index in [2.05, 4.69) is 5.32 Å².